The minimum atomic E-state index is -0.316. The number of carbonyl (C=O) groups excluding carboxylic acids is 2. The van der Waals surface area contributed by atoms with Gasteiger partial charge in [0, 0.05) is 17.2 Å². The lowest BCUT2D eigenvalue weighted by atomic mass is 9.97. The quantitative estimate of drug-likeness (QED) is 0.649. The maximum atomic E-state index is 12.3. The minimum absolute atomic E-state index is 0.103. The van der Waals surface area contributed by atoms with E-state index in [-0.39, 0.29) is 24.2 Å². The summed E-state index contributed by atoms with van der Waals surface area (Å²) in [5.74, 6) is 1.86. The predicted octanol–water partition coefficient (Wildman–Crippen LogP) is 2.33. The van der Waals surface area contributed by atoms with E-state index in [1.165, 1.54) is 11.3 Å². The van der Waals surface area contributed by atoms with Gasteiger partial charge in [0.1, 0.15) is 0 Å². The number of esters is 1. The molecule has 156 valence electrons. The van der Waals surface area contributed by atoms with Gasteiger partial charge < -0.3 is 14.5 Å². The van der Waals surface area contributed by atoms with Crippen molar-refractivity contribution >= 4 is 28.3 Å². The number of rotatable bonds is 8. The largest absolute Gasteiger partial charge is 0.466 e. The molecule has 2 fully saturated rings. The van der Waals surface area contributed by atoms with E-state index >= 15 is 0 Å². The van der Waals surface area contributed by atoms with Crippen molar-refractivity contribution in [2.24, 2.45) is 0 Å². The van der Waals surface area contributed by atoms with Crippen molar-refractivity contribution in [3.05, 3.63) is 22.9 Å². The van der Waals surface area contributed by atoms with Crippen LogP contribution in [0.3, 0.4) is 0 Å². The van der Waals surface area contributed by atoms with Gasteiger partial charge in [0.15, 0.2) is 5.13 Å². The van der Waals surface area contributed by atoms with Crippen molar-refractivity contribution in [3.63, 3.8) is 0 Å². The Kier molecular flexibility index (Phi) is 6.19. The summed E-state index contributed by atoms with van der Waals surface area (Å²) in [6.45, 7) is 4.05. The summed E-state index contributed by atoms with van der Waals surface area (Å²) in [5, 5.41) is 13.5. The molecule has 1 amide bonds. The number of piperidine rings is 1. The molecular weight excluding hydrogens is 394 g/mol. The molecule has 2 aliphatic rings. The molecule has 0 bridgehead atoms. The topological polar surface area (TPSA) is 110 Å². The zero-order valence-electron chi connectivity index (χ0n) is 16.4. The van der Waals surface area contributed by atoms with Gasteiger partial charge in [-0.3, -0.25) is 14.5 Å². The fourth-order valence-corrected chi connectivity index (χ4v) is 4.14. The van der Waals surface area contributed by atoms with Gasteiger partial charge in [-0.2, -0.15) is 0 Å². The molecule has 1 N–H and O–H groups in total. The van der Waals surface area contributed by atoms with Gasteiger partial charge in [-0.05, 0) is 45.7 Å². The average molecular weight is 420 g/mol. The second kappa shape index (κ2) is 9.00. The van der Waals surface area contributed by atoms with Gasteiger partial charge in [-0.25, -0.2) is 4.98 Å². The second-order valence-corrected chi connectivity index (χ2v) is 8.34. The standard InChI is InChI=1S/C19H25N5O4S/c1-2-27-16(26)9-14-11-29-19(20-14)21-15(25)10-24-7-5-13(6-8-24)18-23-22-17(28-18)12-3-4-12/h11-13H,2-10H2,1H3,(H,20,21,25). The van der Waals surface area contributed by atoms with Gasteiger partial charge in [0.25, 0.3) is 0 Å². The summed E-state index contributed by atoms with van der Waals surface area (Å²) < 4.78 is 10.7. The van der Waals surface area contributed by atoms with Gasteiger partial charge in [-0.15, -0.1) is 21.5 Å². The van der Waals surface area contributed by atoms with E-state index < -0.39 is 0 Å². The number of hydrogen-bond acceptors (Lipinski definition) is 9. The summed E-state index contributed by atoms with van der Waals surface area (Å²) in [6, 6.07) is 0. The first kappa shape index (κ1) is 20.0. The Labute approximate surface area is 172 Å². The number of ether oxygens (including phenoxy) is 1. The minimum Gasteiger partial charge on any atom is -0.466 e. The Morgan fingerprint density at radius 1 is 1.21 bits per heavy atom. The Bertz CT molecular complexity index is 854. The van der Waals surface area contributed by atoms with Crippen LogP contribution in [0.4, 0.5) is 5.13 Å². The van der Waals surface area contributed by atoms with Crippen LogP contribution in [0.25, 0.3) is 0 Å². The first-order valence-corrected chi connectivity index (χ1v) is 10.9. The Morgan fingerprint density at radius 2 is 1.90 bits per heavy atom. The maximum absolute atomic E-state index is 12.3. The van der Waals surface area contributed by atoms with Crippen molar-refractivity contribution in [2.45, 2.75) is 50.9 Å². The third kappa shape index (κ3) is 5.39. The molecule has 1 saturated carbocycles. The molecule has 10 heteroatoms. The average Bonchev–Trinajstić information content (AvgIpc) is 3.27. The van der Waals surface area contributed by atoms with E-state index in [0.29, 0.717) is 29.9 Å². The summed E-state index contributed by atoms with van der Waals surface area (Å²) in [4.78, 5) is 30.2. The zero-order valence-corrected chi connectivity index (χ0v) is 17.2. The van der Waals surface area contributed by atoms with Gasteiger partial charge >= 0.3 is 5.97 Å². The van der Waals surface area contributed by atoms with Crippen molar-refractivity contribution in [1.29, 1.82) is 0 Å². The Balaban J connectivity index is 1.20. The highest BCUT2D eigenvalue weighted by Crippen LogP contribution is 2.40. The van der Waals surface area contributed by atoms with Crippen molar-refractivity contribution in [3.8, 4) is 0 Å². The van der Waals surface area contributed by atoms with Crippen LogP contribution in [-0.2, 0) is 20.7 Å². The Hall–Kier alpha value is -2.33. The number of nitrogens with zero attached hydrogens (tertiary/aromatic N) is 4. The lowest BCUT2D eigenvalue weighted by Gasteiger charge is -2.29. The predicted molar refractivity (Wildman–Crippen MR) is 106 cm³/mol. The molecule has 3 heterocycles. The van der Waals surface area contributed by atoms with Crippen molar-refractivity contribution in [2.75, 3.05) is 31.6 Å². The third-order valence-electron chi connectivity index (χ3n) is 5.12. The molecule has 0 radical (unpaired) electrons. The van der Waals surface area contributed by atoms with Crippen LogP contribution in [0.15, 0.2) is 9.80 Å². The number of anilines is 1. The molecule has 9 nitrogen and oxygen atoms in total. The van der Waals surface area contributed by atoms with Crippen LogP contribution in [0, 0.1) is 0 Å². The van der Waals surface area contributed by atoms with Crippen molar-refractivity contribution < 1.29 is 18.7 Å². The third-order valence-corrected chi connectivity index (χ3v) is 5.92. The highest BCUT2D eigenvalue weighted by atomic mass is 32.1. The molecule has 29 heavy (non-hydrogen) atoms. The van der Waals surface area contributed by atoms with Crippen LogP contribution in [0.5, 0.6) is 0 Å². The number of likely N-dealkylation sites (tertiary alicyclic amines) is 1. The summed E-state index contributed by atoms with van der Waals surface area (Å²) in [6.07, 6.45) is 4.23. The van der Waals surface area contributed by atoms with Crippen LogP contribution >= 0.6 is 11.3 Å². The molecule has 0 unspecified atom stereocenters. The first-order chi connectivity index (χ1) is 14.1. The van der Waals surface area contributed by atoms with Crippen LogP contribution in [-0.4, -0.2) is 58.2 Å². The van der Waals surface area contributed by atoms with E-state index in [9.17, 15) is 9.59 Å². The number of carbonyl (C=O) groups is 2. The molecule has 2 aromatic rings. The number of aromatic nitrogens is 3. The molecule has 0 spiro atoms. The fraction of sp³-hybridized carbons (Fsp3) is 0.632. The fourth-order valence-electron chi connectivity index (χ4n) is 3.41. The SMILES string of the molecule is CCOC(=O)Cc1csc(NC(=O)CN2CCC(c3nnc(C4CC4)o3)CC2)n1. The molecule has 1 aliphatic heterocycles. The first-order valence-electron chi connectivity index (χ1n) is 10.1. The molecule has 1 aliphatic carbocycles. The Morgan fingerprint density at radius 3 is 2.55 bits per heavy atom. The maximum Gasteiger partial charge on any atom is 0.311 e. The van der Waals surface area contributed by atoms with Gasteiger partial charge in [0.2, 0.25) is 17.7 Å². The second-order valence-electron chi connectivity index (χ2n) is 7.48. The molecular formula is C19H25N5O4S. The summed E-state index contributed by atoms with van der Waals surface area (Å²) >= 11 is 1.31. The highest BCUT2D eigenvalue weighted by molar-refractivity contribution is 7.13. The molecule has 0 atom stereocenters. The van der Waals surface area contributed by atoms with Crippen molar-refractivity contribution in [1.82, 2.24) is 20.1 Å². The smallest absolute Gasteiger partial charge is 0.311 e. The van der Waals surface area contributed by atoms with Gasteiger partial charge in [0.05, 0.1) is 25.3 Å². The van der Waals surface area contributed by atoms with E-state index in [1.807, 2.05) is 0 Å². The number of hydrogen-bond donors (Lipinski definition) is 1. The van der Waals surface area contributed by atoms with E-state index in [2.05, 4.69) is 25.4 Å². The normalized spacial score (nSPS) is 18.0. The monoisotopic (exact) mass is 419 g/mol. The van der Waals surface area contributed by atoms with E-state index in [4.69, 9.17) is 9.15 Å². The van der Waals surface area contributed by atoms with Crippen LogP contribution < -0.4 is 5.32 Å². The summed E-state index contributed by atoms with van der Waals surface area (Å²) in [7, 11) is 0. The number of thiazole rings is 1. The van der Waals surface area contributed by atoms with E-state index in [1.54, 1.807) is 12.3 Å². The zero-order chi connectivity index (χ0) is 20.2. The molecule has 2 aromatic heterocycles. The molecule has 1 saturated heterocycles. The van der Waals surface area contributed by atoms with Crippen LogP contribution in [0.1, 0.15) is 61.9 Å². The lowest BCUT2D eigenvalue weighted by molar-refractivity contribution is -0.142. The lowest BCUT2D eigenvalue weighted by Crippen LogP contribution is -2.38. The number of amides is 1. The number of nitrogens with one attached hydrogen (secondary N) is 1. The molecule has 4 rings (SSSR count). The highest BCUT2D eigenvalue weighted by Gasteiger charge is 2.32. The molecule has 0 aromatic carbocycles. The summed E-state index contributed by atoms with van der Waals surface area (Å²) in [5.41, 5.74) is 0.606. The van der Waals surface area contributed by atoms with E-state index in [0.717, 1.165) is 50.6 Å². The van der Waals surface area contributed by atoms with Gasteiger partial charge in [-0.1, -0.05) is 0 Å². The van der Waals surface area contributed by atoms with Crippen LogP contribution in [0.2, 0.25) is 0 Å².